The van der Waals surface area contributed by atoms with Crippen LogP contribution < -0.4 is 10.1 Å². The van der Waals surface area contributed by atoms with Gasteiger partial charge in [-0.1, -0.05) is 11.6 Å². The molecule has 1 N–H and O–H groups in total. The number of hydrogen-bond acceptors (Lipinski definition) is 2. The zero-order valence-corrected chi connectivity index (χ0v) is 9.68. The Hall–Kier alpha value is -0.730. The maximum atomic E-state index is 5.96. The molecule has 0 amide bonds. The molecule has 1 saturated heterocycles. The van der Waals surface area contributed by atoms with Crippen molar-refractivity contribution in [2.45, 2.75) is 25.9 Å². The first-order valence-corrected chi connectivity index (χ1v) is 5.77. The molecule has 1 aromatic carbocycles. The average molecular weight is 226 g/mol. The van der Waals surface area contributed by atoms with Crippen molar-refractivity contribution in [2.24, 2.45) is 0 Å². The molecule has 3 heteroatoms. The number of hydrogen-bond donors (Lipinski definition) is 1. The van der Waals surface area contributed by atoms with E-state index in [1.165, 1.54) is 6.42 Å². The second-order valence-electron chi connectivity index (χ2n) is 4.00. The molecule has 2 rings (SSSR count). The van der Waals surface area contributed by atoms with E-state index in [2.05, 4.69) is 5.32 Å². The Balaban J connectivity index is 2.00. The van der Waals surface area contributed by atoms with E-state index < -0.39 is 0 Å². The van der Waals surface area contributed by atoms with Gasteiger partial charge in [-0.3, -0.25) is 0 Å². The molecule has 0 bridgehead atoms. The zero-order chi connectivity index (χ0) is 10.7. The number of nitrogens with one attached hydrogen (secondary N) is 1. The molecule has 0 unspecified atom stereocenters. The molecule has 0 radical (unpaired) electrons. The van der Waals surface area contributed by atoms with Gasteiger partial charge in [-0.05, 0) is 50.1 Å². The van der Waals surface area contributed by atoms with Crippen molar-refractivity contribution in [1.82, 2.24) is 5.32 Å². The lowest BCUT2D eigenvalue weighted by Gasteiger charge is -2.24. The molecule has 15 heavy (non-hydrogen) atoms. The number of benzene rings is 1. The highest BCUT2D eigenvalue weighted by molar-refractivity contribution is 6.31. The lowest BCUT2D eigenvalue weighted by atomic mass is 10.1. The number of piperidine rings is 1. The van der Waals surface area contributed by atoms with Crippen LogP contribution in [0.4, 0.5) is 0 Å². The number of aryl methyl sites for hydroxylation is 1. The van der Waals surface area contributed by atoms with Crippen molar-refractivity contribution in [2.75, 3.05) is 13.1 Å². The van der Waals surface area contributed by atoms with Crippen molar-refractivity contribution >= 4 is 11.6 Å². The first kappa shape index (κ1) is 10.8. The Morgan fingerprint density at radius 1 is 1.47 bits per heavy atom. The second kappa shape index (κ2) is 4.86. The van der Waals surface area contributed by atoms with Gasteiger partial charge in [0, 0.05) is 11.6 Å². The van der Waals surface area contributed by atoms with Gasteiger partial charge in [0.15, 0.2) is 0 Å². The standard InChI is InChI=1S/C12H16ClNO/c1-9-7-10(4-5-12(9)13)15-11-3-2-6-14-8-11/h4-5,7,11,14H,2-3,6,8H2,1H3/t11-/m1/s1. The molecule has 0 aromatic heterocycles. The molecule has 1 fully saturated rings. The van der Waals surface area contributed by atoms with Crippen LogP contribution in [0.15, 0.2) is 18.2 Å². The molecular formula is C12H16ClNO. The Morgan fingerprint density at radius 2 is 2.33 bits per heavy atom. The van der Waals surface area contributed by atoms with Crippen LogP contribution in [0.3, 0.4) is 0 Å². The first-order chi connectivity index (χ1) is 7.25. The SMILES string of the molecule is Cc1cc(O[C@@H]2CCCNC2)ccc1Cl. The van der Waals surface area contributed by atoms with Gasteiger partial charge in [-0.15, -0.1) is 0 Å². The number of ether oxygens (including phenoxy) is 1. The molecule has 0 aliphatic carbocycles. The van der Waals surface area contributed by atoms with E-state index in [1.807, 2.05) is 25.1 Å². The summed E-state index contributed by atoms with van der Waals surface area (Å²) in [6.07, 6.45) is 2.63. The molecular weight excluding hydrogens is 210 g/mol. The predicted molar refractivity (Wildman–Crippen MR) is 62.7 cm³/mol. The third kappa shape index (κ3) is 2.86. The molecule has 0 saturated carbocycles. The van der Waals surface area contributed by atoms with E-state index in [4.69, 9.17) is 16.3 Å². The highest BCUT2D eigenvalue weighted by Crippen LogP contribution is 2.22. The van der Waals surface area contributed by atoms with E-state index in [0.29, 0.717) is 6.10 Å². The third-order valence-electron chi connectivity index (χ3n) is 2.68. The lowest BCUT2D eigenvalue weighted by Crippen LogP contribution is -2.37. The molecule has 2 nitrogen and oxygen atoms in total. The Morgan fingerprint density at radius 3 is 3.00 bits per heavy atom. The van der Waals surface area contributed by atoms with E-state index >= 15 is 0 Å². The van der Waals surface area contributed by atoms with Crippen LogP contribution in [0.5, 0.6) is 5.75 Å². The average Bonchev–Trinajstić information content (AvgIpc) is 2.25. The summed E-state index contributed by atoms with van der Waals surface area (Å²) in [5, 5.41) is 4.13. The monoisotopic (exact) mass is 225 g/mol. The summed E-state index contributed by atoms with van der Waals surface area (Å²) in [5.74, 6) is 0.922. The van der Waals surface area contributed by atoms with Gasteiger partial charge in [0.25, 0.3) is 0 Å². The fourth-order valence-corrected chi connectivity index (χ4v) is 1.92. The van der Waals surface area contributed by atoms with Crippen molar-refractivity contribution in [1.29, 1.82) is 0 Å². The number of rotatable bonds is 2. The van der Waals surface area contributed by atoms with Crippen molar-refractivity contribution < 1.29 is 4.74 Å². The second-order valence-corrected chi connectivity index (χ2v) is 4.40. The van der Waals surface area contributed by atoms with Crippen molar-refractivity contribution in [3.8, 4) is 5.75 Å². The quantitative estimate of drug-likeness (QED) is 0.836. The summed E-state index contributed by atoms with van der Waals surface area (Å²) >= 11 is 5.96. The van der Waals surface area contributed by atoms with Crippen LogP contribution in [-0.2, 0) is 0 Å². The lowest BCUT2D eigenvalue weighted by molar-refractivity contribution is 0.167. The van der Waals surface area contributed by atoms with Gasteiger partial charge < -0.3 is 10.1 Å². The molecule has 1 aliphatic rings. The summed E-state index contributed by atoms with van der Waals surface area (Å²) < 4.78 is 5.87. The summed E-state index contributed by atoms with van der Waals surface area (Å²) in [7, 11) is 0. The van der Waals surface area contributed by atoms with E-state index in [1.54, 1.807) is 0 Å². The minimum absolute atomic E-state index is 0.305. The normalized spacial score (nSPS) is 21.3. The Kier molecular flexibility index (Phi) is 3.49. The molecule has 1 aliphatic heterocycles. The highest BCUT2D eigenvalue weighted by Gasteiger charge is 2.14. The van der Waals surface area contributed by atoms with Crippen LogP contribution in [0.2, 0.25) is 5.02 Å². The zero-order valence-electron chi connectivity index (χ0n) is 8.92. The van der Waals surface area contributed by atoms with Crippen LogP contribution in [0.1, 0.15) is 18.4 Å². The van der Waals surface area contributed by atoms with E-state index in [0.717, 1.165) is 35.8 Å². The minimum atomic E-state index is 0.305. The molecule has 1 aromatic rings. The van der Waals surface area contributed by atoms with Crippen molar-refractivity contribution in [3.63, 3.8) is 0 Å². The van der Waals surface area contributed by atoms with Gasteiger partial charge >= 0.3 is 0 Å². The third-order valence-corrected chi connectivity index (χ3v) is 3.11. The molecule has 1 heterocycles. The molecule has 82 valence electrons. The highest BCUT2D eigenvalue weighted by atomic mass is 35.5. The van der Waals surface area contributed by atoms with Gasteiger partial charge in [0.1, 0.15) is 11.9 Å². The van der Waals surface area contributed by atoms with Crippen LogP contribution in [-0.4, -0.2) is 19.2 Å². The maximum Gasteiger partial charge on any atom is 0.120 e. The fourth-order valence-electron chi connectivity index (χ4n) is 1.80. The summed E-state index contributed by atoms with van der Waals surface area (Å²) in [5.41, 5.74) is 1.07. The van der Waals surface area contributed by atoms with Gasteiger partial charge in [0.2, 0.25) is 0 Å². The smallest absolute Gasteiger partial charge is 0.120 e. The number of halogens is 1. The van der Waals surface area contributed by atoms with Crippen LogP contribution in [0, 0.1) is 6.92 Å². The van der Waals surface area contributed by atoms with Gasteiger partial charge in [-0.2, -0.15) is 0 Å². The van der Waals surface area contributed by atoms with Gasteiger partial charge in [0.05, 0.1) is 0 Å². The molecule has 1 atom stereocenters. The maximum absolute atomic E-state index is 5.96. The summed E-state index contributed by atoms with van der Waals surface area (Å²) in [6, 6.07) is 5.82. The summed E-state index contributed by atoms with van der Waals surface area (Å²) in [6.45, 7) is 4.05. The Labute approximate surface area is 95.6 Å². The van der Waals surface area contributed by atoms with Crippen LogP contribution in [0.25, 0.3) is 0 Å². The van der Waals surface area contributed by atoms with E-state index in [-0.39, 0.29) is 0 Å². The predicted octanol–water partition coefficient (Wildman–Crippen LogP) is 2.78. The fraction of sp³-hybridized carbons (Fsp3) is 0.500. The minimum Gasteiger partial charge on any atom is -0.489 e. The van der Waals surface area contributed by atoms with Crippen LogP contribution >= 0.6 is 11.6 Å². The first-order valence-electron chi connectivity index (χ1n) is 5.39. The molecule has 0 spiro atoms. The topological polar surface area (TPSA) is 21.3 Å². The van der Waals surface area contributed by atoms with E-state index in [9.17, 15) is 0 Å². The largest absolute Gasteiger partial charge is 0.489 e. The Bertz CT molecular complexity index is 334. The van der Waals surface area contributed by atoms with Gasteiger partial charge in [-0.25, -0.2) is 0 Å². The summed E-state index contributed by atoms with van der Waals surface area (Å²) in [4.78, 5) is 0. The van der Waals surface area contributed by atoms with Crippen molar-refractivity contribution in [3.05, 3.63) is 28.8 Å².